The Morgan fingerprint density at radius 2 is 0.750 bits per heavy atom. The molecular formula is C12H14Br6N2. The molecule has 2 rings (SSSR count). The van der Waals surface area contributed by atoms with Crippen molar-refractivity contribution < 1.29 is 43.1 Å². The van der Waals surface area contributed by atoms with Crippen molar-refractivity contribution in [1.82, 2.24) is 0 Å². The van der Waals surface area contributed by atoms with Crippen LogP contribution in [0.15, 0.2) is 61.2 Å². The lowest BCUT2D eigenvalue weighted by atomic mass is 10.4. The summed E-state index contributed by atoms with van der Waals surface area (Å²) >= 11 is 11.0. The average Bonchev–Trinajstić information content (AvgIpc) is 2.51. The van der Waals surface area contributed by atoms with Gasteiger partial charge in [0, 0.05) is 80.8 Å². The Morgan fingerprint density at radius 3 is 1.00 bits per heavy atom. The maximum absolute atomic E-state index is 2.75. The fourth-order valence-corrected chi connectivity index (χ4v) is 1.40. The van der Waals surface area contributed by atoms with Gasteiger partial charge in [0.2, 0.25) is 13.1 Å². The zero-order valence-corrected chi connectivity index (χ0v) is 19.9. The molecule has 0 saturated heterocycles. The van der Waals surface area contributed by atoms with Crippen LogP contribution in [0.2, 0.25) is 0 Å². The standard InChI is InChI=1S/C12H14N2.2Br2.2BrH/c1-3-7-13(8-4-1)11-12-14-9-5-2-6-10-14;2*1-2;;/h1-10H,11-12H2;;;2*1H/q+2;;;;/p-2. The van der Waals surface area contributed by atoms with Crippen molar-refractivity contribution in [2.45, 2.75) is 13.1 Å². The third kappa shape index (κ3) is 12.9. The molecule has 2 aromatic heterocycles. The van der Waals surface area contributed by atoms with Gasteiger partial charge in [-0.25, -0.2) is 0 Å². The first-order valence-electron chi connectivity index (χ1n) is 5.12. The van der Waals surface area contributed by atoms with E-state index in [0.717, 1.165) is 13.1 Å². The summed E-state index contributed by atoms with van der Waals surface area (Å²) in [5, 5.41) is 0. The molecule has 0 N–H and O–H groups in total. The van der Waals surface area contributed by atoms with E-state index in [2.05, 4.69) is 115 Å². The van der Waals surface area contributed by atoms with Crippen LogP contribution < -0.4 is 43.1 Å². The predicted octanol–water partition coefficient (Wildman–Crippen LogP) is -1.65. The molecule has 0 radical (unpaired) electrons. The van der Waals surface area contributed by atoms with Crippen LogP contribution in [0.5, 0.6) is 0 Å². The Balaban J connectivity index is -0.000000444. The monoisotopic (exact) mass is 660 g/mol. The number of aryl methyl sites for hydroxylation is 2. The molecule has 8 heteroatoms. The molecule has 2 heterocycles. The second-order valence-corrected chi connectivity index (χ2v) is 3.23. The molecule has 2 aromatic rings. The lowest BCUT2D eigenvalue weighted by molar-refractivity contribution is -0.778. The molecule has 0 unspecified atom stereocenters. The molecule has 0 bridgehead atoms. The van der Waals surface area contributed by atoms with Crippen molar-refractivity contribution in [2.75, 3.05) is 0 Å². The number of pyridine rings is 2. The maximum Gasteiger partial charge on any atom is 0.206 e. The smallest absolute Gasteiger partial charge is 0.206 e. The SMILES string of the molecule is BrBr.BrBr.[Br-].[Br-].c1cc[n+](CC[n+]2ccccc2)cc1. The van der Waals surface area contributed by atoms with Crippen molar-refractivity contribution in [3.05, 3.63) is 61.2 Å². The van der Waals surface area contributed by atoms with Gasteiger partial charge in [0.1, 0.15) is 0 Å². The van der Waals surface area contributed by atoms with Crippen molar-refractivity contribution in [3.63, 3.8) is 0 Å². The first-order valence-corrected chi connectivity index (χ1v) is 12.5. The van der Waals surface area contributed by atoms with E-state index >= 15 is 0 Å². The zero-order chi connectivity index (χ0) is 13.6. The summed E-state index contributed by atoms with van der Waals surface area (Å²) in [5.41, 5.74) is 0. The molecule has 2 nitrogen and oxygen atoms in total. The second kappa shape index (κ2) is 20.2. The molecule has 0 aliphatic rings. The largest absolute Gasteiger partial charge is 1.00 e. The molecule has 0 aliphatic heterocycles. The van der Waals surface area contributed by atoms with E-state index in [9.17, 15) is 0 Å². The number of aromatic nitrogens is 2. The predicted molar refractivity (Wildman–Crippen MR) is 89.0 cm³/mol. The summed E-state index contributed by atoms with van der Waals surface area (Å²) < 4.78 is 4.36. The fraction of sp³-hybridized carbons (Fsp3) is 0.167. The van der Waals surface area contributed by atoms with Crippen molar-refractivity contribution >= 4 is 56.5 Å². The lowest BCUT2D eigenvalue weighted by Crippen LogP contribution is -3.00. The van der Waals surface area contributed by atoms with Crippen molar-refractivity contribution in [3.8, 4) is 0 Å². The van der Waals surface area contributed by atoms with Crippen LogP contribution in [-0.2, 0) is 13.1 Å². The Morgan fingerprint density at radius 1 is 0.500 bits per heavy atom. The number of hydrogen-bond donors (Lipinski definition) is 0. The molecule has 20 heavy (non-hydrogen) atoms. The summed E-state index contributed by atoms with van der Waals surface area (Å²) in [5.74, 6) is 0. The van der Waals surface area contributed by atoms with Gasteiger partial charge in [0.15, 0.2) is 24.8 Å². The first-order chi connectivity index (χ1) is 8.95. The number of rotatable bonds is 3. The molecule has 0 saturated carbocycles. The van der Waals surface area contributed by atoms with Crippen LogP contribution in [0.3, 0.4) is 0 Å². The minimum Gasteiger partial charge on any atom is -1.00 e. The molecule has 0 aliphatic carbocycles. The Hall–Kier alpha value is 1.18. The first kappa shape index (κ1) is 26.1. The lowest BCUT2D eigenvalue weighted by Gasteiger charge is -1.93. The number of nitrogens with zero attached hydrogens (tertiary/aromatic N) is 2. The van der Waals surface area contributed by atoms with Gasteiger partial charge in [-0.05, 0) is 0 Å². The summed E-state index contributed by atoms with van der Waals surface area (Å²) in [6.07, 6.45) is 8.35. The van der Waals surface area contributed by atoms with Crippen LogP contribution in [-0.4, -0.2) is 0 Å². The van der Waals surface area contributed by atoms with E-state index in [4.69, 9.17) is 0 Å². The molecule has 0 atom stereocenters. The van der Waals surface area contributed by atoms with Gasteiger partial charge in [0.05, 0.1) is 0 Å². The normalized spacial score (nSPS) is 7.60. The average molecular weight is 666 g/mol. The maximum atomic E-state index is 2.75. The van der Waals surface area contributed by atoms with Crippen LogP contribution in [0.25, 0.3) is 0 Å². The van der Waals surface area contributed by atoms with E-state index < -0.39 is 0 Å². The molecule has 0 amide bonds. The van der Waals surface area contributed by atoms with E-state index in [1.54, 1.807) is 0 Å². The highest BCUT2D eigenvalue weighted by molar-refractivity contribution is 9.93. The summed E-state index contributed by atoms with van der Waals surface area (Å²) in [7, 11) is 0. The van der Waals surface area contributed by atoms with Crippen molar-refractivity contribution in [1.29, 1.82) is 0 Å². The number of hydrogen-bond acceptors (Lipinski definition) is 0. The minimum atomic E-state index is 0. The highest BCUT2D eigenvalue weighted by Gasteiger charge is 2.02. The fourth-order valence-electron chi connectivity index (χ4n) is 1.40. The van der Waals surface area contributed by atoms with Gasteiger partial charge in [-0.1, -0.05) is 12.1 Å². The Kier molecular flexibility index (Phi) is 26.3. The molecule has 0 spiro atoms. The summed E-state index contributed by atoms with van der Waals surface area (Å²) in [4.78, 5) is 0. The summed E-state index contributed by atoms with van der Waals surface area (Å²) in [6.45, 7) is 2.02. The van der Waals surface area contributed by atoms with E-state index in [0.29, 0.717) is 0 Å². The van der Waals surface area contributed by atoms with E-state index in [-0.39, 0.29) is 34.0 Å². The summed E-state index contributed by atoms with van der Waals surface area (Å²) in [6, 6.07) is 12.3. The highest BCUT2D eigenvalue weighted by Crippen LogP contribution is 1.85. The van der Waals surface area contributed by atoms with E-state index in [1.165, 1.54) is 0 Å². The number of halogens is 6. The van der Waals surface area contributed by atoms with Crippen LogP contribution in [0.4, 0.5) is 0 Å². The highest BCUT2D eigenvalue weighted by atomic mass is 80.9. The third-order valence-electron chi connectivity index (χ3n) is 2.17. The zero-order valence-electron chi connectivity index (χ0n) is 10.3. The Bertz CT molecular complexity index is 348. The van der Waals surface area contributed by atoms with Gasteiger partial charge >= 0.3 is 0 Å². The molecule has 0 aromatic carbocycles. The Labute approximate surface area is 172 Å². The minimum absolute atomic E-state index is 0. The second-order valence-electron chi connectivity index (χ2n) is 3.23. The van der Waals surface area contributed by atoms with Crippen LogP contribution in [0.1, 0.15) is 0 Å². The molecular weight excluding hydrogens is 652 g/mol. The molecule has 0 fully saturated rings. The molecule has 114 valence electrons. The van der Waals surface area contributed by atoms with Gasteiger partial charge in [-0.15, -0.1) is 0 Å². The third-order valence-corrected chi connectivity index (χ3v) is 2.17. The van der Waals surface area contributed by atoms with Crippen LogP contribution >= 0.6 is 56.5 Å². The van der Waals surface area contributed by atoms with Crippen molar-refractivity contribution in [2.24, 2.45) is 0 Å². The van der Waals surface area contributed by atoms with Gasteiger partial charge in [0.25, 0.3) is 0 Å². The van der Waals surface area contributed by atoms with Gasteiger partial charge in [-0.3, -0.25) is 0 Å². The van der Waals surface area contributed by atoms with Crippen LogP contribution in [0, 0.1) is 0 Å². The van der Waals surface area contributed by atoms with E-state index in [1.807, 2.05) is 12.1 Å². The topological polar surface area (TPSA) is 7.76 Å². The quantitative estimate of drug-likeness (QED) is 0.348. The van der Waals surface area contributed by atoms with Gasteiger partial charge in [-0.2, -0.15) is 9.13 Å². The van der Waals surface area contributed by atoms with Gasteiger partial charge < -0.3 is 34.0 Å².